The molecule has 0 saturated heterocycles. The van der Waals surface area contributed by atoms with Crippen molar-refractivity contribution in [2.45, 2.75) is 31.6 Å². The van der Waals surface area contributed by atoms with Gasteiger partial charge in [-0.3, -0.25) is 9.78 Å². The second-order valence-electron chi connectivity index (χ2n) is 8.55. The lowest BCUT2D eigenvalue weighted by Gasteiger charge is -2.13. The number of benzene rings is 2. The van der Waals surface area contributed by atoms with Crippen LogP contribution >= 0.6 is 0 Å². The number of rotatable bonds is 8. The van der Waals surface area contributed by atoms with E-state index in [1.165, 1.54) is 0 Å². The zero-order chi connectivity index (χ0) is 25.3. The molecule has 2 aromatic heterocycles. The Bertz CT molecular complexity index is 1660. The third-order valence-corrected chi connectivity index (χ3v) is 7.82. The highest BCUT2D eigenvalue weighted by Crippen LogP contribution is 2.32. The lowest BCUT2D eigenvalue weighted by molar-refractivity contribution is -0.115. The first kappa shape index (κ1) is 23.5. The fourth-order valence-corrected chi connectivity index (χ4v) is 4.82. The number of aromatic nitrogens is 3. The minimum atomic E-state index is -2.86. The normalized spacial score (nSPS) is 14.1. The lowest BCUT2D eigenvalue weighted by Crippen LogP contribution is -2.14. The molecule has 9 heteroatoms. The monoisotopic (exact) mass is 499 g/mol. The number of aryl methyl sites for hydroxylation is 1. The van der Waals surface area contributed by atoms with Gasteiger partial charge in [0.2, 0.25) is 5.91 Å². The molecule has 0 saturated carbocycles. The minimum Gasteiger partial charge on any atom is -0.456 e. The Hall–Kier alpha value is -4.20. The molecule has 2 heterocycles. The molecule has 36 heavy (non-hydrogen) atoms. The summed E-state index contributed by atoms with van der Waals surface area (Å²) in [6.45, 7) is 3.66. The van der Waals surface area contributed by atoms with Crippen LogP contribution in [0.25, 0.3) is 16.6 Å². The molecule has 2 N–H and O–H groups in total. The Labute approximate surface area is 209 Å². The molecule has 1 aliphatic rings. The predicted octanol–water partition coefficient (Wildman–Crippen LogP) is 5.54. The Balaban J connectivity index is 1.31. The van der Waals surface area contributed by atoms with Crippen molar-refractivity contribution < 1.29 is 13.7 Å². The molecule has 2 aromatic carbocycles. The van der Waals surface area contributed by atoms with Gasteiger partial charge in [0.05, 0.1) is 45.4 Å². The van der Waals surface area contributed by atoms with E-state index in [-0.39, 0.29) is 18.1 Å². The third-order valence-electron chi connectivity index (χ3n) is 5.99. The number of carbonyl (C=O) groups excluding carboxylic acids is 1. The van der Waals surface area contributed by atoms with Crippen molar-refractivity contribution in [3.63, 3.8) is 0 Å². The maximum Gasteiger partial charge on any atom is 0.228 e. The van der Waals surface area contributed by atoms with Crippen molar-refractivity contribution in [1.29, 1.82) is 4.78 Å². The molecule has 0 aliphatic heterocycles. The molecule has 5 rings (SSSR count). The van der Waals surface area contributed by atoms with Crippen LogP contribution in [0.15, 0.2) is 77.8 Å². The second kappa shape index (κ2) is 9.45. The number of amides is 1. The molecule has 1 atom stereocenters. The number of nitrogens with one attached hydrogen (secondary N) is 2. The molecule has 0 fully saturated rings. The molecular weight excluding hydrogens is 474 g/mol. The first-order valence-corrected chi connectivity index (χ1v) is 13.3. The standard InChI is InChI=1S/C27H25N5O3S/c1-3-36(28,34)22-8-9-24-23(15-22)26(11-12-29-24)35-25-10-7-19(13-18(25)2)14-27(33)31-20-16-30-32(17-20)21-5-4-6-21/h4,7-13,15-17,28H,3,5,14H2,1-2H3,(H,31,33). The van der Waals surface area contributed by atoms with Crippen LogP contribution in [-0.2, 0) is 20.9 Å². The molecule has 182 valence electrons. The predicted molar refractivity (Wildman–Crippen MR) is 140 cm³/mol. The zero-order valence-corrected chi connectivity index (χ0v) is 20.8. The van der Waals surface area contributed by atoms with Gasteiger partial charge in [0.15, 0.2) is 0 Å². The highest BCUT2D eigenvalue weighted by atomic mass is 32.2. The fraction of sp³-hybridized carbons (Fsp3) is 0.185. The number of carbonyl (C=O) groups is 1. The van der Waals surface area contributed by atoms with Gasteiger partial charge in [-0.15, -0.1) is 5.73 Å². The largest absolute Gasteiger partial charge is 0.456 e. The average molecular weight is 500 g/mol. The smallest absolute Gasteiger partial charge is 0.228 e. The summed E-state index contributed by atoms with van der Waals surface area (Å²) in [4.78, 5) is 17.4. The summed E-state index contributed by atoms with van der Waals surface area (Å²) in [5.74, 6) is 1.31. The second-order valence-corrected chi connectivity index (χ2v) is 11.0. The topological polar surface area (TPSA) is 110 Å². The summed E-state index contributed by atoms with van der Waals surface area (Å²) in [5.41, 5.74) is 7.09. The van der Waals surface area contributed by atoms with Crippen molar-refractivity contribution in [3.8, 4) is 11.5 Å². The van der Waals surface area contributed by atoms with Gasteiger partial charge in [0, 0.05) is 28.7 Å². The number of pyridine rings is 1. The van der Waals surface area contributed by atoms with E-state index in [2.05, 4.69) is 21.1 Å². The zero-order valence-electron chi connectivity index (χ0n) is 19.9. The maximum absolute atomic E-state index is 12.6. The first-order valence-electron chi connectivity index (χ1n) is 11.5. The average Bonchev–Trinajstić information content (AvgIpc) is 3.26. The van der Waals surface area contributed by atoms with Crippen LogP contribution in [0.1, 0.15) is 24.5 Å². The molecule has 1 unspecified atom stereocenters. The number of hydrogen-bond acceptors (Lipinski definition) is 6. The Kier molecular flexibility index (Phi) is 6.18. The van der Waals surface area contributed by atoms with Crippen molar-refractivity contribution in [2.75, 3.05) is 11.1 Å². The molecule has 1 amide bonds. The first-order chi connectivity index (χ1) is 17.3. The van der Waals surface area contributed by atoms with Gasteiger partial charge in [-0.2, -0.15) is 5.10 Å². The van der Waals surface area contributed by atoms with Crippen LogP contribution in [0.3, 0.4) is 0 Å². The van der Waals surface area contributed by atoms with E-state index in [4.69, 9.17) is 9.52 Å². The van der Waals surface area contributed by atoms with Crippen LogP contribution < -0.4 is 10.1 Å². The van der Waals surface area contributed by atoms with E-state index < -0.39 is 9.73 Å². The summed E-state index contributed by atoms with van der Waals surface area (Å²) in [6, 6.07) is 12.5. The van der Waals surface area contributed by atoms with Gasteiger partial charge in [0.1, 0.15) is 11.5 Å². The minimum absolute atomic E-state index is 0.136. The van der Waals surface area contributed by atoms with E-state index in [1.54, 1.807) is 54.5 Å². The number of nitrogens with zero attached hydrogens (tertiary/aromatic N) is 3. The summed E-state index contributed by atoms with van der Waals surface area (Å²) in [5, 5.41) is 7.82. The van der Waals surface area contributed by atoms with E-state index in [1.807, 2.05) is 31.2 Å². The van der Waals surface area contributed by atoms with E-state index in [0.29, 0.717) is 33.0 Å². The molecule has 0 bridgehead atoms. The van der Waals surface area contributed by atoms with Gasteiger partial charge in [-0.05, 0) is 54.5 Å². The fourth-order valence-electron chi connectivity index (χ4n) is 3.89. The van der Waals surface area contributed by atoms with Gasteiger partial charge in [-0.1, -0.05) is 19.1 Å². The number of allylic oxidation sites excluding steroid dienone is 1. The van der Waals surface area contributed by atoms with Crippen molar-refractivity contribution in [1.82, 2.24) is 14.8 Å². The number of anilines is 1. The third kappa shape index (κ3) is 4.79. The van der Waals surface area contributed by atoms with Crippen molar-refractivity contribution in [2.24, 2.45) is 0 Å². The quantitative estimate of drug-likeness (QED) is 0.309. The van der Waals surface area contributed by atoms with E-state index in [9.17, 15) is 9.00 Å². The lowest BCUT2D eigenvalue weighted by atomic mass is 10.1. The van der Waals surface area contributed by atoms with Crippen LogP contribution in [0.5, 0.6) is 11.5 Å². The summed E-state index contributed by atoms with van der Waals surface area (Å²) in [6.07, 6.45) is 8.02. The summed E-state index contributed by atoms with van der Waals surface area (Å²) < 4.78 is 28.6. The highest BCUT2D eigenvalue weighted by molar-refractivity contribution is 7.92. The van der Waals surface area contributed by atoms with Crippen LogP contribution in [0.2, 0.25) is 0 Å². The molecule has 4 aromatic rings. The van der Waals surface area contributed by atoms with Crippen LogP contribution in [0, 0.1) is 11.7 Å². The van der Waals surface area contributed by atoms with Gasteiger partial charge < -0.3 is 10.1 Å². The SMILES string of the molecule is CCS(=N)(=O)c1ccc2nccc(Oc3ccc(CC(=O)Nc4cnn(C5=C=CC5)c4)cc3C)c2c1. The Morgan fingerprint density at radius 2 is 2.06 bits per heavy atom. The van der Waals surface area contributed by atoms with Crippen LogP contribution in [0.4, 0.5) is 5.69 Å². The van der Waals surface area contributed by atoms with Crippen LogP contribution in [-0.4, -0.2) is 30.6 Å². The molecule has 0 radical (unpaired) electrons. The Morgan fingerprint density at radius 1 is 1.22 bits per heavy atom. The van der Waals surface area contributed by atoms with Gasteiger partial charge in [0.25, 0.3) is 0 Å². The summed E-state index contributed by atoms with van der Waals surface area (Å²) in [7, 11) is -2.86. The molecule has 1 aliphatic carbocycles. The highest BCUT2D eigenvalue weighted by Gasteiger charge is 2.14. The maximum atomic E-state index is 12.6. The van der Waals surface area contributed by atoms with Gasteiger partial charge in [-0.25, -0.2) is 13.7 Å². The number of fused-ring (bicyclic) bond motifs is 1. The summed E-state index contributed by atoms with van der Waals surface area (Å²) >= 11 is 0. The van der Waals surface area contributed by atoms with E-state index in [0.717, 1.165) is 23.2 Å². The van der Waals surface area contributed by atoms with Crippen molar-refractivity contribution in [3.05, 3.63) is 84.0 Å². The van der Waals surface area contributed by atoms with Crippen molar-refractivity contribution >= 4 is 37.9 Å². The molecule has 0 spiro atoms. The molecule has 8 nitrogen and oxygen atoms in total. The van der Waals surface area contributed by atoms with Gasteiger partial charge >= 0.3 is 0 Å². The Morgan fingerprint density at radius 3 is 2.78 bits per heavy atom. The van der Waals surface area contributed by atoms with E-state index >= 15 is 0 Å². The number of ether oxygens (including phenoxy) is 1. The molecular formula is C27H25N5O3S. The number of hydrogen-bond donors (Lipinski definition) is 2.